The molecule has 0 unspecified atom stereocenters. The molecule has 0 fully saturated rings. The fourth-order valence-electron chi connectivity index (χ4n) is 1.52. The number of urea groups is 1. The SMILES string of the molecule is O=C(NCCO)Nc1ccn(-c2ccc(Cl)cc2Cl)n1. The molecule has 0 aliphatic rings. The third-order valence-electron chi connectivity index (χ3n) is 2.38. The van der Waals surface area contributed by atoms with Gasteiger partial charge in [0, 0.05) is 23.8 Å². The van der Waals surface area contributed by atoms with Crippen LogP contribution in [-0.2, 0) is 0 Å². The second-order valence-electron chi connectivity index (χ2n) is 3.85. The predicted octanol–water partition coefficient (Wildman–Crippen LogP) is 2.29. The Kier molecular flexibility index (Phi) is 4.84. The number of benzene rings is 1. The van der Waals surface area contributed by atoms with Gasteiger partial charge in [0.15, 0.2) is 5.82 Å². The summed E-state index contributed by atoms with van der Waals surface area (Å²) in [6.07, 6.45) is 1.66. The van der Waals surface area contributed by atoms with E-state index in [4.69, 9.17) is 28.3 Å². The van der Waals surface area contributed by atoms with E-state index in [2.05, 4.69) is 15.7 Å². The summed E-state index contributed by atoms with van der Waals surface area (Å²) in [6.45, 7) is 0.0534. The Balaban J connectivity index is 2.10. The van der Waals surface area contributed by atoms with Crippen molar-refractivity contribution in [2.45, 2.75) is 0 Å². The molecule has 0 aliphatic carbocycles. The molecule has 0 atom stereocenters. The highest BCUT2D eigenvalue weighted by molar-refractivity contribution is 6.35. The van der Waals surface area contributed by atoms with Gasteiger partial charge in [-0.2, -0.15) is 0 Å². The minimum absolute atomic E-state index is 0.123. The number of aliphatic hydroxyl groups excluding tert-OH is 1. The van der Waals surface area contributed by atoms with E-state index in [1.165, 1.54) is 4.68 Å². The van der Waals surface area contributed by atoms with E-state index in [-0.39, 0.29) is 13.2 Å². The number of rotatable bonds is 4. The number of amides is 2. The van der Waals surface area contributed by atoms with Crippen LogP contribution in [0.4, 0.5) is 10.6 Å². The number of carbonyl (C=O) groups is 1. The molecule has 20 heavy (non-hydrogen) atoms. The molecule has 2 aromatic rings. The number of hydrogen-bond donors (Lipinski definition) is 3. The summed E-state index contributed by atoms with van der Waals surface area (Å²) in [4.78, 5) is 11.4. The van der Waals surface area contributed by atoms with Crippen molar-refractivity contribution in [3.8, 4) is 5.69 Å². The maximum absolute atomic E-state index is 11.4. The van der Waals surface area contributed by atoms with Crippen molar-refractivity contribution in [3.05, 3.63) is 40.5 Å². The van der Waals surface area contributed by atoms with Gasteiger partial charge in [-0.1, -0.05) is 23.2 Å². The molecule has 0 radical (unpaired) electrons. The topological polar surface area (TPSA) is 79.2 Å². The summed E-state index contributed by atoms with van der Waals surface area (Å²) in [7, 11) is 0. The van der Waals surface area contributed by atoms with Crippen LogP contribution in [0.25, 0.3) is 5.69 Å². The lowest BCUT2D eigenvalue weighted by Gasteiger charge is -2.05. The number of halogens is 2. The Morgan fingerprint density at radius 2 is 2.15 bits per heavy atom. The van der Waals surface area contributed by atoms with Gasteiger partial charge in [-0.15, -0.1) is 5.10 Å². The maximum Gasteiger partial charge on any atom is 0.320 e. The Bertz CT molecular complexity index is 615. The zero-order chi connectivity index (χ0) is 14.5. The molecule has 1 heterocycles. The highest BCUT2D eigenvalue weighted by Gasteiger charge is 2.08. The quantitative estimate of drug-likeness (QED) is 0.810. The predicted molar refractivity (Wildman–Crippen MR) is 77.7 cm³/mol. The largest absolute Gasteiger partial charge is 0.395 e. The molecule has 6 nitrogen and oxygen atoms in total. The molecule has 0 saturated heterocycles. The van der Waals surface area contributed by atoms with Gasteiger partial charge in [-0.25, -0.2) is 9.48 Å². The number of nitrogens with one attached hydrogen (secondary N) is 2. The molecular weight excluding hydrogens is 303 g/mol. The van der Waals surface area contributed by atoms with Crippen LogP contribution in [0.5, 0.6) is 0 Å². The summed E-state index contributed by atoms with van der Waals surface area (Å²) in [5, 5.41) is 18.8. The zero-order valence-corrected chi connectivity index (χ0v) is 11.8. The van der Waals surface area contributed by atoms with Crippen LogP contribution < -0.4 is 10.6 Å². The third-order valence-corrected chi connectivity index (χ3v) is 2.92. The summed E-state index contributed by atoms with van der Waals surface area (Å²) in [5.41, 5.74) is 0.653. The summed E-state index contributed by atoms with van der Waals surface area (Å²) in [5.74, 6) is 0.367. The molecule has 0 spiro atoms. The van der Waals surface area contributed by atoms with Crippen molar-refractivity contribution in [2.24, 2.45) is 0 Å². The van der Waals surface area contributed by atoms with E-state index in [0.717, 1.165) is 0 Å². The Labute approximate surface area is 125 Å². The van der Waals surface area contributed by atoms with Crippen molar-refractivity contribution < 1.29 is 9.90 Å². The smallest absolute Gasteiger partial charge is 0.320 e. The van der Waals surface area contributed by atoms with Gasteiger partial charge < -0.3 is 10.4 Å². The lowest BCUT2D eigenvalue weighted by molar-refractivity contribution is 0.244. The van der Waals surface area contributed by atoms with Crippen LogP contribution in [0, 0.1) is 0 Å². The van der Waals surface area contributed by atoms with Crippen LogP contribution in [-0.4, -0.2) is 34.1 Å². The highest BCUT2D eigenvalue weighted by atomic mass is 35.5. The van der Waals surface area contributed by atoms with Crippen molar-refractivity contribution in [2.75, 3.05) is 18.5 Å². The normalized spacial score (nSPS) is 10.3. The summed E-state index contributed by atoms with van der Waals surface area (Å²) >= 11 is 11.9. The molecular formula is C12H12Cl2N4O2. The van der Waals surface area contributed by atoms with Crippen molar-refractivity contribution in [3.63, 3.8) is 0 Å². The average molecular weight is 315 g/mol. The first kappa shape index (κ1) is 14.6. The highest BCUT2D eigenvalue weighted by Crippen LogP contribution is 2.24. The molecule has 2 rings (SSSR count). The minimum atomic E-state index is -0.438. The van der Waals surface area contributed by atoms with Gasteiger partial charge >= 0.3 is 6.03 Å². The van der Waals surface area contributed by atoms with Crippen LogP contribution in [0.15, 0.2) is 30.5 Å². The number of hydrogen-bond acceptors (Lipinski definition) is 3. The fraction of sp³-hybridized carbons (Fsp3) is 0.167. The van der Waals surface area contributed by atoms with Gasteiger partial charge in [-0.3, -0.25) is 5.32 Å². The lowest BCUT2D eigenvalue weighted by Crippen LogP contribution is -2.31. The number of aromatic nitrogens is 2. The first-order valence-corrected chi connectivity index (χ1v) is 6.52. The standard InChI is InChI=1S/C12H12Cl2N4O2/c13-8-1-2-10(9(14)7-8)18-5-3-11(17-18)16-12(20)15-4-6-19/h1-3,5,7,19H,4,6H2,(H2,15,16,17,20). The van der Waals surface area contributed by atoms with Crippen LogP contribution in [0.1, 0.15) is 0 Å². The first-order chi connectivity index (χ1) is 9.60. The monoisotopic (exact) mass is 314 g/mol. The number of aliphatic hydroxyl groups is 1. The second-order valence-corrected chi connectivity index (χ2v) is 4.69. The van der Waals surface area contributed by atoms with E-state index < -0.39 is 6.03 Å². The van der Waals surface area contributed by atoms with Gasteiger partial charge in [0.2, 0.25) is 0 Å². The average Bonchev–Trinajstić information content (AvgIpc) is 2.84. The minimum Gasteiger partial charge on any atom is -0.395 e. The Morgan fingerprint density at radius 3 is 2.85 bits per heavy atom. The molecule has 1 aromatic heterocycles. The van der Waals surface area contributed by atoms with Gasteiger partial charge in [0.1, 0.15) is 0 Å². The Hall–Kier alpha value is -1.76. The summed E-state index contributed by atoms with van der Waals surface area (Å²) in [6, 6.07) is 6.23. The van der Waals surface area contributed by atoms with Crippen LogP contribution >= 0.6 is 23.2 Å². The van der Waals surface area contributed by atoms with Gasteiger partial charge in [0.25, 0.3) is 0 Å². The van der Waals surface area contributed by atoms with E-state index in [0.29, 0.717) is 21.6 Å². The van der Waals surface area contributed by atoms with E-state index >= 15 is 0 Å². The molecule has 8 heteroatoms. The molecule has 0 saturated carbocycles. The number of nitrogens with zero attached hydrogens (tertiary/aromatic N) is 2. The molecule has 3 N–H and O–H groups in total. The van der Waals surface area contributed by atoms with Crippen LogP contribution in [0.2, 0.25) is 10.0 Å². The van der Waals surface area contributed by atoms with E-state index in [1.54, 1.807) is 30.5 Å². The van der Waals surface area contributed by atoms with Crippen molar-refractivity contribution >= 4 is 35.1 Å². The molecule has 0 bridgehead atoms. The van der Waals surface area contributed by atoms with Gasteiger partial charge in [0.05, 0.1) is 17.3 Å². The summed E-state index contributed by atoms with van der Waals surface area (Å²) < 4.78 is 1.53. The first-order valence-electron chi connectivity index (χ1n) is 5.77. The van der Waals surface area contributed by atoms with Gasteiger partial charge in [-0.05, 0) is 18.2 Å². The second kappa shape index (κ2) is 6.60. The number of carbonyl (C=O) groups excluding carboxylic acids is 1. The van der Waals surface area contributed by atoms with Crippen molar-refractivity contribution in [1.82, 2.24) is 15.1 Å². The molecule has 2 amide bonds. The fourth-order valence-corrected chi connectivity index (χ4v) is 2.02. The molecule has 1 aromatic carbocycles. The van der Waals surface area contributed by atoms with Crippen molar-refractivity contribution in [1.29, 1.82) is 0 Å². The van der Waals surface area contributed by atoms with E-state index in [1.807, 2.05) is 0 Å². The maximum atomic E-state index is 11.4. The lowest BCUT2D eigenvalue weighted by atomic mass is 10.3. The molecule has 0 aliphatic heterocycles. The van der Waals surface area contributed by atoms with E-state index in [9.17, 15) is 4.79 Å². The van der Waals surface area contributed by atoms with Crippen LogP contribution in [0.3, 0.4) is 0 Å². The third kappa shape index (κ3) is 3.63. The zero-order valence-electron chi connectivity index (χ0n) is 10.3. The Morgan fingerprint density at radius 1 is 1.35 bits per heavy atom. The number of anilines is 1. The molecule has 106 valence electrons.